The molecule has 1 heterocycles. The zero-order chi connectivity index (χ0) is 24.1. The molecule has 1 aliphatic heterocycles. The number of carbonyl (C=O) groups excluding carboxylic acids is 4. The molecule has 4 atom stereocenters. The summed E-state index contributed by atoms with van der Waals surface area (Å²) in [5, 5.41) is 2.75. The van der Waals surface area contributed by atoms with Crippen LogP contribution in [0.1, 0.15) is 40.7 Å². The molecule has 5 rings (SSSR count). The SMILES string of the molecule is Cc1c(Br)ccc(NC(=O)COC(=O)c2ccc(N3C(=O)[C@H]4[C@H]5CC[C@@H](C5)[C@@H]4C3=O)cc2)c1C. The van der Waals surface area contributed by atoms with Crippen LogP contribution in [0.3, 0.4) is 0 Å². The van der Waals surface area contributed by atoms with E-state index in [9.17, 15) is 19.2 Å². The highest BCUT2D eigenvalue weighted by Crippen LogP contribution is 2.56. The number of hydrogen-bond donors (Lipinski definition) is 1. The molecule has 0 unspecified atom stereocenters. The lowest BCUT2D eigenvalue weighted by Crippen LogP contribution is -2.32. The number of fused-ring (bicyclic) bond motifs is 5. The summed E-state index contributed by atoms with van der Waals surface area (Å²) in [4.78, 5) is 51.9. The first-order chi connectivity index (χ1) is 16.3. The summed E-state index contributed by atoms with van der Waals surface area (Å²) in [6.07, 6.45) is 3.04. The molecular formula is C26H25BrN2O5. The summed E-state index contributed by atoms with van der Waals surface area (Å²) < 4.78 is 6.10. The van der Waals surface area contributed by atoms with Crippen molar-refractivity contribution in [3.8, 4) is 0 Å². The van der Waals surface area contributed by atoms with Crippen molar-refractivity contribution in [3.63, 3.8) is 0 Å². The number of imide groups is 1. The Kier molecular flexibility index (Phi) is 5.80. The fraction of sp³-hybridized carbons (Fsp3) is 0.385. The van der Waals surface area contributed by atoms with Crippen molar-refractivity contribution in [1.29, 1.82) is 0 Å². The van der Waals surface area contributed by atoms with Crippen molar-refractivity contribution >= 4 is 51.0 Å². The van der Waals surface area contributed by atoms with Gasteiger partial charge < -0.3 is 10.1 Å². The van der Waals surface area contributed by atoms with E-state index in [0.29, 0.717) is 23.2 Å². The molecule has 2 saturated carbocycles. The number of nitrogens with one attached hydrogen (secondary N) is 1. The number of ether oxygens (including phenoxy) is 1. The van der Waals surface area contributed by atoms with Gasteiger partial charge in [0.2, 0.25) is 11.8 Å². The number of halogens is 1. The monoisotopic (exact) mass is 524 g/mol. The molecule has 2 aromatic carbocycles. The first-order valence-corrected chi connectivity index (χ1v) is 12.3. The Morgan fingerprint density at radius 3 is 2.21 bits per heavy atom. The lowest BCUT2D eigenvalue weighted by molar-refractivity contribution is -0.123. The summed E-state index contributed by atoms with van der Waals surface area (Å²) in [6, 6.07) is 9.83. The van der Waals surface area contributed by atoms with Gasteiger partial charge in [-0.15, -0.1) is 0 Å². The third-order valence-corrected chi connectivity index (χ3v) is 8.48. The van der Waals surface area contributed by atoms with Gasteiger partial charge in [0, 0.05) is 10.2 Å². The van der Waals surface area contributed by atoms with Gasteiger partial charge in [-0.3, -0.25) is 19.3 Å². The van der Waals surface area contributed by atoms with Gasteiger partial charge in [-0.1, -0.05) is 15.9 Å². The third-order valence-electron chi connectivity index (χ3n) is 7.62. The molecule has 1 saturated heterocycles. The quantitative estimate of drug-likeness (QED) is 0.462. The van der Waals surface area contributed by atoms with Gasteiger partial charge in [0.05, 0.1) is 23.1 Å². The minimum absolute atomic E-state index is 0.118. The Labute approximate surface area is 206 Å². The number of nitrogens with zero attached hydrogens (tertiary/aromatic N) is 1. The molecule has 0 radical (unpaired) electrons. The second-order valence-corrected chi connectivity index (χ2v) is 10.3. The summed E-state index contributed by atoms with van der Waals surface area (Å²) in [7, 11) is 0. The van der Waals surface area contributed by atoms with Gasteiger partial charge in [0.15, 0.2) is 6.61 Å². The van der Waals surface area contributed by atoms with Crippen molar-refractivity contribution in [2.45, 2.75) is 33.1 Å². The maximum Gasteiger partial charge on any atom is 0.338 e. The Morgan fingerprint density at radius 1 is 0.971 bits per heavy atom. The first kappa shape index (κ1) is 22.8. The average Bonchev–Trinajstić information content (AvgIpc) is 3.51. The first-order valence-electron chi connectivity index (χ1n) is 11.5. The van der Waals surface area contributed by atoms with E-state index >= 15 is 0 Å². The molecule has 3 aliphatic rings. The number of anilines is 2. The van der Waals surface area contributed by atoms with Crippen molar-refractivity contribution < 1.29 is 23.9 Å². The van der Waals surface area contributed by atoms with Crippen LogP contribution in [0.4, 0.5) is 11.4 Å². The minimum atomic E-state index is -0.653. The van der Waals surface area contributed by atoms with Crippen molar-refractivity contribution in [2.75, 3.05) is 16.8 Å². The van der Waals surface area contributed by atoms with E-state index in [4.69, 9.17) is 4.74 Å². The maximum absolute atomic E-state index is 13.0. The fourth-order valence-electron chi connectivity index (χ4n) is 5.73. The van der Waals surface area contributed by atoms with E-state index in [0.717, 1.165) is 34.9 Å². The average molecular weight is 525 g/mol. The second-order valence-electron chi connectivity index (χ2n) is 9.41. The predicted molar refractivity (Wildman–Crippen MR) is 129 cm³/mol. The minimum Gasteiger partial charge on any atom is -0.452 e. The van der Waals surface area contributed by atoms with Crippen LogP contribution in [0.15, 0.2) is 40.9 Å². The molecule has 176 valence electrons. The number of amides is 3. The molecule has 1 N–H and O–H groups in total. The highest BCUT2D eigenvalue weighted by molar-refractivity contribution is 9.10. The summed E-state index contributed by atoms with van der Waals surface area (Å²) in [5.41, 5.74) is 3.31. The predicted octanol–water partition coefficient (Wildman–Crippen LogP) is 4.40. The van der Waals surface area contributed by atoms with Crippen molar-refractivity contribution in [3.05, 3.63) is 57.6 Å². The van der Waals surface area contributed by atoms with Gasteiger partial charge in [0.1, 0.15) is 0 Å². The van der Waals surface area contributed by atoms with Crippen LogP contribution in [0.2, 0.25) is 0 Å². The molecule has 7 nitrogen and oxygen atoms in total. The van der Waals surface area contributed by atoms with E-state index in [1.165, 1.54) is 17.0 Å². The molecular weight excluding hydrogens is 500 g/mol. The van der Waals surface area contributed by atoms with Crippen molar-refractivity contribution in [1.82, 2.24) is 0 Å². The standard InChI is InChI=1S/C26H25BrN2O5/c1-13-14(2)20(10-9-19(13)27)28-21(30)12-34-26(33)15-5-7-18(8-6-15)29-24(31)22-16-3-4-17(11-16)23(22)25(29)32/h5-10,16-17,22-23H,3-4,11-12H2,1-2H3,(H,28,30)/t16-,17-,22-,23-/m0/s1. The van der Waals surface area contributed by atoms with E-state index in [2.05, 4.69) is 21.2 Å². The zero-order valence-corrected chi connectivity index (χ0v) is 20.6. The molecule has 2 aromatic rings. The van der Waals surface area contributed by atoms with Crippen LogP contribution in [-0.2, 0) is 19.1 Å². The van der Waals surface area contributed by atoms with Crippen LogP contribution < -0.4 is 10.2 Å². The van der Waals surface area contributed by atoms with Crippen LogP contribution in [-0.4, -0.2) is 30.3 Å². The van der Waals surface area contributed by atoms with Gasteiger partial charge in [-0.2, -0.15) is 0 Å². The number of carbonyl (C=O) groups is 4. The smallest absolute Gasteiger partial charge is 0.338 e. The van der Waals surface area contributed by atoms with Crippen molar-refractivity contribution in [2.24, 2.45) is 23.7 Å². The molecule has 3 fully saturated rings. The van der Waals surface area contributed by atoms with Crippen LogP contribution >= 0.6 is 15.9 Å². The highest BCUT2D eigenvalue weighted by atomic mass is 79.9. The Balaban J connectivity index is 1.20. The largest absolute Gasteiger partial charge is 0.452 e. The van der Waals surface area contributed by atoms with Gasteiger partial charge >= 0.3 is 5.97 Å². The molecule has 34 heavy (non-hydrogen) atoms. The molecule has 2 bridgehead atoms. The number of esters is 1. The maximum atomic E-state index is 13.0. The summed E-state index contributed by atoms with van der Waals surface area (Å²) >= 11 is 3.45. The number of hydrogen-bond acceptors (Lipinski definition) is 5. The van der Waals surface area contributed by atoms with Crippen LogP contribution in [0, 0.1) is 37.5 Å². The number of rotatable bonds is 5. The lowest BCUT2D eigenvalue weighted by Gasteiger charge is -2.19. The normalized spacial score (nSPS) is 25.0. The van der Waals surface area contributed by atoms with E-state index < -0.39 is 18.5 Å². The second kappa shape index (κ2) is 8.65. The topological polar surface area (TPSA) is 92.8 Å². The van der Waals surface area contributed by atoms with Gasteiger partial charge in [-0.05, 0) is 92.5 Å². The summed E-state index contributed by atoms with van der Waals surface area (Å²) in [6.45, 7) is 3.42. The van der Waals surface area contributed by atoms with Gasteiger partial charge in [-0.25, -0.2) is 4.79 Å². The van der Waals surface area contributed by atoms with Crippen LogP contribution in [0.5, 0.6) is 0 Å². The van der Waals surface area contributed by atoms with Gasteiger partial charge in [0.25, 0.3) is 5.91 Å². The summed E-state index contributed by atoms with van der Waals surface area (Å²) in [5.74, 6) is -1.06. The molecule has 0 aromatic heterocycles. The highest BCUT2D eigenvalue weighted by Gasteiger charge is 2.61. The van der Waals surface area contributed by atoms with E-state index in [1.54, 1.807) is 18.2 Å². The Morgan fingerprint density at radius 2 is 1.59 bits per heavy atom. The fourth-order valence-corrected chi connectivity index (χ4v) is 6.16. The Hall–Kier alpha value is -3.00. The Bertz CT molecular complexity index is 1180. The van der Waals surface area contributed by atoms with Crippen LogP contribution in [0.25, 0.3) is 0 Å². The number of benzene rings is 2. The lowest BCUT2D eigenvalue weighted by atomic mass is 9.81. The van der Waals surface area contributed by atoms with E-state index in [1.807, 2.05) is 19.9 Å². The third kappa shape index (κ3) is 3.74. The molecule has 2 aliphatic carbocycles. The molecule has 3 amide bonds. The molecule has 8 heteroatoms. The molecule has 0 spiro atoms. The van der Waals surface area contributed by atoms with E-state index in [-0.39, 0.29) is 29.2 Å². The zero-order valence-electron chi connectivity index (χ0n) is 19.0.